The number of methoxy groups -OCH3 is 1. The number of carbonyl (C=O) groups excluding carboxylic acids is 1. The van der Waals surface area contributed by atoms with Gasteiger partial charge < -0.3 is 15.2 Å². The highest BCUT2D eigenvalue weighted by atomic mass is 16.5. The topological polar surface area (TPSA) is 92.5 Å². The lowest BCUT2D eigenvalue weighted by Crippen LogP contribution is -2.36. The monoisotopic (exact) mass is 387 g/mol. The molecule has 0 spiro atoms. The van der Waals surface area contributed by atoms with Crippen molar-refractivity contribution in [3.63, 3.8) is 0 Å². The van der Waals surface area contributed by atoms with Crippen LogP contribution in [0, 0.1) is 5.92 Å². The molecule has 1 fully saturated rings. The Morgan fingerprint density at radius 3 is 3.00 bits per heavy atom. The summed E-state index contributed by atoms with van der Waals surface area (Å²) in [6.07, 6.45) is 3.80. The van der Waals surface area contributed by atoms with Crippen LogP contribution in [0.2, 0.25) is 0 Å². The predicted molar refractivity (Wildman–Crippen MR) is 105 cm³/mol. The molecule has 2 aromatic rings. The fourth-order valence-corrected chi connectivity index (χ4v) is 3.42. The number of amides is 1. The van der Waals surface area contributed by atoms with Gasteiger partial charge in [0.1, 0.15) is 0 Å². The number of ether oxygens (including phenoxy) is 1. The molecule has 1 amide bonds. The number of phenolic OH excluding ortho intramolecular Hbond substituents is 1. The predicted octanol–water partition coefficient (Wildman–Crippen LogP) is 2.22. The highest BCUT2D eigenvalue weighted by Gasteiger charge is 2.23. The van der Waals surface area contributed by atoms with Crippen molar-refractivity contribution in [2.24, 2.45) is 5.92 Å². The van der Waals surface area contributed by atoms with E-state index in [1.165, 1.54) is 0 Å². The van der Waals surface area contributed by atoms with E-state index in [1.54, 1.807) is 19.4 Å². The second-order valence-corrected chi connectivity index (χ2v) is 7.73. The van der Waals surface area contributed by atoms with Gasteiger partial charge >= 0.3 is 0 Å². The molecule has 0 saturated carbocycles. The Bertz CT molecular complexity index is 805. The van der Waals surface area contributed by atoms with E-state index in [4.69, 9.17) is 4.74 Å². The summed E-state index contributed by atoms with van der Waals surface area (Å²) in [6, 6.07) is 5.63. The molecule has 1 aliphatic rings. The summed E-state index contributed by atoms with van der Waals surface area (Å²) in [4.78, 5) is 14.5. The van der Waals surface area contributed by atoms with Crippen LogP contribution in [0.25, 0.3) is 0 Å². The van der Waals surface area contributed by atoms with Gasteiger partial charge in [-0.15, -0.1) is 5.10 Å². The second kappa shape index (κ2) is 9.05. The summed E-state index contributed by atoms with van der Waals surface area (Å²) in [5, 5.41) is 20.9. The Hall–Kier alpha value is -2.61. The Labute approximate surface area is 165 Å². The number of rotatable bonds is 7. The maximum absolute atomic E-state index is 12.2. The SMILES string of the molecule is COc1cc(CN2CCCC(n3cc(C(=O)NCC(C)C)nn3)C2)ccc1O. The first-order valence-corrected chi connectivity index (χ1v) is 9.74. The molecular weight excluding hydrogens is 358 g/mol. The zero-order valence-electron chi connectivity index (χ0n) is 16.8. The number of carbonyl (C=O) groups is 1. The Balaban J connectivity index is 1.61. The van der Waals surface area contributed by atoms with Gasteiger partial charge in [0.05, 0.1) is 19.3 Å². The lowest BCUT2D eigenvalue weighted by molar-refractivity contribution is 0.0944. The molecule has 8 nitrogen and oxygen atoms in total. The lowest BCUT2D eigenvalue weighted by atomic mass is 10.0. The molecule has 0 radical (unpaired) electrons. The fourth-order valence-electron chi connectivity index (χ4n) is 3.42. The van der Waals surface area contributed by atoms with Gasteiger partial charge in [-0.05, 0) is 43.0 Å². The Kier molecular flexibility index (Phi) is 6.51. The molecule has 1 atom stereocenters. The van der Waals surface area contributed by atoms with E-state index < -0.39 is 0 Å². The van der Waals surface area contributed by atoms with Gasteiger partial charge in [0.25, 0.3) is 5.91 Å². The van der Waals surface area contributed by atoms with Gasteiger partial charge in [-0.25, -0.2) is 4.68 Å². The molecule has 1 unspecified atom stereocenters. The van der Waals surface area contributed by atoms with E-state index in [0.29, 0.717) is 23.9 Å². The van der Waals surface area contributed by atoms with E-state index >= 15 is 0 Å². The van der Waals surface area contributed by atoms with Crippen LogP contribution in [0.4, 0.5) is 0 Å². The first-order chi connectivity index (χ1) is 13.5. The molecule has 152 valence electrons. The van der Waals surface area contributed by atoms with Crippen LogP contribution < -0.4 is 10.1 Å². The van der Waals surface area contributed by atoms with Gasteiger partial charge in [-0.2, -0.15) is 0 Å². The number of hydrogen-bond acceptors (Lipinski definition) is 6. The maximum atomic E-state index is 12.2. The molecule has 1 aromatic carbocycles. The molecule has 1 aromatic heterocycles. The first-order valence-electron chi connectivity index (χ1n) is 9.74. The van der Waals surface area contributed by atoms with E-state index in [9.17, 15) is 9.90 Å². The number of likely N-dealkylation sites (tertiary alicyclic amines) is 1. The smallest absolute Gasteiger partial charge is 0.273 e. The third-order valence-corrected chi connectivity index (χ3v) is 4.92. The number of phenols is 1. The van der Waals surface area contributed by atoms with Gasteiger partial charge in [0, 0.05) is 19.6 Å². The van der Waals surface area contributed by atoms with E-state index in [-0.39, 0.29) is 17.7 Å². The average molecular weight is 387 g/mol. The van der Waals surface area contributed by atoms with Crippen molar-refractivity contribution in [1.29, 1.82) is 0 Å². The number of nitrogens with one attached hydrogen (secondary N) is 1. The summed E-state index contributed by atoms with van der Waals surface area (Å²) < 4.78 is 7.01. The van der Waals surface area contributed by atoms with Crippen molar-refractivity contribution in [3.8, 4) is 11.5 Å². The third kappa shape index (κ3) is 5.01. The van der Waals surface area contributed by atoms with Crippen molar-refractivity contribution >= 4 is 5.91 Å². The van der Waals surface area contributed by atoms with Gasteiger partial charge in [0.15, 0.2) is 17.2 Å². The lowest BCUT2D eigenvalue weighted by Gasteiger charge is -2.32. The van der Waals surface area contributed by atoms with E-state index in [0.717, 1.165) is 38.0 Å². The molecular formula is C20H29N5O3. The molecule has 0 aliphatic carbocycles. The fraction of sp³-hybridized carbons (Fsp3) is 0.550. The molecule has 0 bridgehead atoms. The van der Waals surface area contributed by atoms with Gasteiger partial charge in [-0.3, -0.25) is 9.69 Å². The minimum Gasteiger partial charge on any atom is -0.504 e. The standard InChI is InChI=1S/C20H29N5O3/c1-14(2)10-21-20(27)17-13-25(23-22-17)16-5-4-8-24(12-16)11-15-6-7-18(26)19(9-15)28-3/h6-7,9,13-14,16,26H,4-5,8,10-12H2,1-3H3,(H,21,27). The minimum atomic E-state index is -0.177. The molecule has 1 saturated heterocycles. The normalized spacial score (nSPS) is 17.6. The summed E-state index contributed by atoms with van der Waals surface area (Å²) in [7, 11) is 1.55. The third-order valence-electron chi connectivity index (χ3n) is 4.92. The highest BCUT2D eigenvalue weighted by Crippen LogP contribution is 2.28. The quantitative estimate of drug-likeness (QED) is 0.757. The Morgan fingerprint density at radius 1 is 1.43 bits per heavy atom. The van der Waals surface area contributed by atoms with Crippen LogP contribution in [0.15, 0.2) is 24.4 Å². The number of piperidine rings is 1. The highest BCUT2D eigenvalue weighted by molar-refractivity contribution is 5.91. The van der Waals surface area contributed by atoms with Crippen LogP contribution in [0.5, 0.6) is 11.5 Å². The molecule has 3 rings (SSSR count). The molecule has 2 N–H and O–H groups in total. The number of hydrogen-bond donors (Lipinski definition) is 2. The van der Waals surface area contributed by atoms with Gasteiger partial charge in [-0.1, -0.05) is 25.1 Å². The molecule has 1 aliphatic heterocycles. The van der Waals surface area contributed by atoms with Crippen LogP contribution in [-0.4, -0.2) is 57.7 Å². The Morgan fingerprint density at radius 2 is 2.25 bits per heavy atom. The zero-order valence-corrected chi connectivity index (χ0v) is 16.8. The van der Waals surface area contributed by atoms with Crippen molar-refractivity contribution in [3.05, 3.63) is 35.7 Å². The number of aromatic hydroxyl groups is 1. The molecule has 28 heavy (non-hydrogen) atoms. The van der Waals surface area contributed by atoms with Crippen molar-refractivity contribution < 1.29 is 14.6 Å². The second-order valence-electron chi connectivity index (χ2n) is 7.73. The largest absolute Gasteiger partial charge is 0.504 e. The number of aromatic nitrogens is 3. The number of benzene rings is 1. The van der Waals surface area contributed by atoms with Crippen LogP contribution in [0.3, 0.4) is 0 Å². The first kappa shape index (κ1) is 20.1. The number of nitrogens with zero attached hydrogens (tertiary/aromatic N) is 4. The van der Waals surface area contributed by atoms with Crippen LogP contribution in [-0.2, 0) is 6.54 Å². The van der Waals surface area contributed by atoms with E-state index in [1.807, 2.05) is 16.8 Å². The molecule has 8 heteroatoms. The van der Waals surface area contributed by atoms with Gasteiger partial charge in [0.2, 0.25) is 0 Å². The van der Waals surface area contributed by atoms with Crippen LogP contribution in [0.1, 0.15) is 48.8 Å². The summed E-state index contributed by atoms with van der Waals surface area (Å²) in [5.41, 5.74) is 1.45. The summed E-state index contributed by atoms with van der Waals surface area (Å²) in [6.45, 7) is 7.33. The average Bonchev–Trinajstić information content (AvgIpc) is 3.18. The minimum absolute atomic E-state index is 0.147. The van der Waals surface area contributed by atoms with E-state index in [2.05, 4.69) is 34.4 Å². The molecule has 2 heterocycles. The summed E-state index contributed by atoms with van der Waals surface area (Å²) >= 11 is 0. The maximum Gasteiger partial charge on any atom is 0.273 e. The van der Waals surface area contributed by atoms with Crippen molar-refractivity contribution in [2.75, 3.05) is 26.7 Å². The van der Waals surface area contributed by atoms with Crippen molar-refractivity contribution in [2.45, 2.75) is 39.3 Å². The summed E-state index contributed by atoms with van der Waals surface area (Å²) in [5.74, 6) is 0.848. The zero-order chi connectivity index (χ0) is 20.1. The van der Waals surface area contributed by atoms with Crippen LogP contribution >= 0.6 is 0 Å². The van der Waals surface area contributed by atoms with Crippen molar-refractivity contribution in [1.82, 2.24) is 25.2 Å².